The second-order valence-electron chi connectivity index (χ2n) is 7.78. The topological polar surface area (TPSA) is 20.2 Å². The van der Waals surface area contributed by atoms with Crippen molar-refractivity contribution >= 4 is 0 Å². The Kier molecular flexibility index (Phi) is 5.13. The van der Waals surface area contributed by atoms with E-state index in [1.54, 1.807) is 0 Å². The summed E-state index contributed by atoms with van der Waals surface area (Å²) in [6, 6.07) is 26.4. The maximum absolute atomic E-state index is 9.37. The molecule has 1 nitrogen and oxygen atoms in total. The number of aliphatic hydroxyl groups excluding tert-OH is 1. The van der Waals surface area contributed by atoms with E-state index in [2.05, 4.69) is 79.7 Å². The Hall–Kier alpha value is -2.38. The van der Waals surface area contributed by atoms with Crippen molar-refractivity contribution in [2.45, 2.75) is 51.0 Å². The van der Waals surface area contributed by atoms with E-state index in [4.69, 9.17) is 0 Å². The Bertz CT molecular complexity index is 862. The fourth-order valence-corrected chi connectivity index (χ4v) is 4.75. The summed E-state index contributed by atoms with van der Waals surface area (Å²) >= 11 is 0. The van der Waals surface area contributed by atoms with E-state index in [0.29, 0.717) is 0 Å². The second-order valence-corrected chi connectivity index (χ2v) is 7.78. The van der Waals surface area contributed by atoms with Crippen LogP contribution < -0.4 is 0 Å². The zero-order valence-electron chi connectivity index (χ0n) is 16.1. The molecule has 1 aliphatic carbocycles. The molecule has 1 N–H and O–H groups in total. The number of unbranched alkanes of at least 4 members (excludes halogenated alkanes) is 2. The average molecular weight is 357 g/mol. The Balaban J connectivity index is 1.82. The highest BCUT2D eigenvalue weighted by atomic mass is 16.3. The standard InChI is InChI=1S/C26H28O/c1-2-3-8-17-26(18-20-13-15-21(19-27)16-14-20)24-11-6-4-9-22(24)23-10-5-7-12-25(23)26/h4-7,9-16,27H,2-3,8,17-19H2,1H3. The van der Waals surface area contributed by atoms with Gasteiger partial charge in [-0.25, -0.2) is 0 Å². The summed E-state index contributed by atoms with van der Waals surface area (Å²) in [5.41, 5.74) is 8.12. The lowest BCUT2D eigenvalue weighted by molar-refractivity contribution is 0.282. The van der Waals surface area contributed by atoms with Crippen molar-refractivity contribution in [1.29, 1.82) is 0 Å². The number of rotatable bonds is 7. The summed E-state index contributed by atoms with van der Waals surface area (Å²) in [6.07, 6.45) is 5.95. The highest BCUT2D eigenvalue weighted by Gasteiger charge is 2.42. The summed E-state index contributed by atoms with van der Waals surface area (Å²) in [7, 11) is 0. The van der Waals surface area contributed by atoms with Crippen LogP contribution >= 0.6 is 0 Å². The van der Waals surface area contributed by atoms with Gasteiger partial charge in [-0.1, -0.05) is 99.0 Å². The zero-order valence-corrected chi connectivity index (χ0v) is 16.1. The maximum atomic E-state index is 9.37. The van der Waals surface area contributed by atoms with Crippen LogP contribution in [0, 0.1) is 0 Å². The molecule has 0 unspecified atom stereocenters. The lowest BCUT2D eigenvalue weighted by atomic mass is 9.70. The van der Waals surface area contributed by atoms with Gasteiger partial charge in [0, 0.05) is 5.41 Å². The van der Waals surface area contributed by atoms with Crippen molar-refractivity contribution < 1.29 is 5.11 Å². The minimum atomic E-state index is 0.0447. The molecule has 0 amide bonds. The van der Waals surface area contributed by atoms with Crippen molar-refractivity contribution in [3.63, 3.8) is 0 Å². The van der Waals surface area contributed by atoms with Gasteiger partial charge in [-0.3, -0.25) is 0 Å². The average Bonchev–Trinajstić information content (AvgIpc) is 3.00. The predicted octanol–water partition coefficient (Wildman–Crippen LogP) is 6.27. The Labute approximate surface area is 162 Å². The van der Waals surface area contributed by atoms with Crippen LogP contribution in [0.1, 0.15) is 54.9 Å². The summed E-state index contributed by atoms with van der Waals surface area (Å²) in [6.45, 7) is 2.38. The number of aliphatic hydroxyl groups is 1. The third-order valence-corrected chi connectivity index (χ3v) is 6.09. The second kappa shape index (κ2) is 7.70. The van der Waals surface area contributed by atoms with Crippen LogP contribution in [0.4, 0.5) is 0 Å². The summed E-state index contributed by atoms with van der Waals surface area (Å²) < 4.78 is 0. The molecule has 138 valence electrons. The van der Waals surface area contributed by atoms with Gasteiger partial charge in [0.05, 0.1) is 6.61 Å². The Morgan fingerprint density at radius 3 is 1.81 bits per heavy atom. The van der Waals surface area contributed by atoms with Crippen LogP contribution in [0.2, 0.25) is 0 Å². The van der Waals surface area contributed by atoms with E-state index in [1.807, 2.05) is 0 Å². The number of hydrogen-bond donors (Lipinski definition) is 1. The molecule has 0 aliphatic heterocycles. The number of benzene rings is 3. The zero-order chi connectivity index (χ0) is 18.7. The van der Waals surface area contributed by atoms with Crippen LogP contribution in [-0.2, 0) is 18.4 Å². The largest absolute Gasteiger partial charge is 0.392 e. The van der Waals surface area contributed by atoms with Gasteiger partial charge < -0.3 is 5.11 Å². The van der Waals surface area contributed by atoms with Gasteiger partial charge in [-0.15, -0.1) is 0 Å². The minimum Gasteiger partial charge on any atom is -0.392 e. The van der Waals surface area contributed by atoms with Gasteiger partial charge in [0.25, 0.3) is 0 Å². The summed E-state index contributed by atoms with van der Waals surface area (Å²) in [5.74, 6) is 0. The Morgan fingerprint density at radius 2 is 1.26 bits per heavy atom. The number of hydrogen-bond acceptors (Lipinski definition) is 1. The van der Waals surface area contributed by atoms with Crippen molar-refractivity contribution in [3.05, 3.63) is 95.1 Å². The van der Waals surface area contributed by atoms with Gasteiger partial charge >= 0.3 is 0 Å². The van der Waals surface area contributed by atoms with E-state index < -0.39 is 0 Å². The van der Waals surface area contributed by atoms with Crippen LogP contribution in [0.15, 0.2) is 72.8 Å². The Morgan fingerprint density at radius 1 is 0.704 bits per heavy atom. The molecule has 1 heteroatoms. The summed E-state index contributed by atoms with van der Waals surface area (Å²) in [5, 5.41) is 9.37. The van der Waals surface area contributed by atoms with Crippen molar-refractivity contribution in [2.75, 3.05) is 0 Å². The first kappa shape index (κ1) is 18.0. The SMILES string of the molecule is CCCCCC1(Cc2ccc(CO)cc2)c2ccccc2-c2ccccc21. The van der Waals surface area contributed by atoms with Gasteiger partial charge in [0.1, 0.15) is 0 Å². The molecule has 27 heavy (non-hydrogen) atoms. The van der Waals surface area contributed by atoms with Gasteiger partial charge in [0.15, 0.2) is 0 Å². The third-order valence-electron chi connectivity index (χ3n) is 6.09. The molecular weight excluding hydrogens is 328 g/mol. The maximum Gasteiger partial charge on any atom is 0.0681 e. The fraction of sp³-hybridized carbons (Fsp3) is 0.308. The van der Waals surface area contributed by atoms with Gasteiger partial charge in [0.2, 0.25) is 0 Å². The van der Waals surface area contributed by atoms with E-state index in [9.17, 15) is 5.11 Å². The molecule has 3 aromatic carbocycles. The molecule has 0 fully saturated rings. The van der Waals surface area contributed by atoms with Crippen LogP contribution in [0.3, 0.4) is 0 Å². The highest BCUT2D eigenvalue weighted by molar-refractivity contribution is 5.81. The predicted molar refractivity (Wildman–Crippen MR) is 113 cm³/mol. The summed E-state index contributed by atoms with van der Waals surface area (Å²) in [4.78, 5) is 0. The fourth-order valence-electron chi connectivity index (χ4n) is 4.75. The quantitative estimate of drug-likeness (QED) is 0.495. The highest BCUT2D eigenvalue weighted by Crippen LogP contribution is 2.53. The molecule has 0 saturated carbocycles. The molecular formula is C26H28O. The molecule has 0 atom stereocenters. The molecule has 1 aliphatic rings. The molecule has 0 saturated heterocycles. The number of fused-ring (bicyclic) bond motifs is 3. The molecule has 3 aromatic rings. The minimum absolute atomic E-state index is 0.0447. The first-order valence-corrected chi connectivity index (χ1v) is 10.2. The van der Waals surface area contributed by atoms with Gasteiger partial charge in [-0.2, -0.15) is 0 Å². The third kappa shape index (κ3) is 3.21. The normalized spacial score (nSPS) is 14.0. The van der Waals surface area contributed by atoms with Crippen LogP contribution in [-0.4, -0.2) is 5.11 Å². The molecule has 0 radical (unpaired) electrons. The molecule has 0 bridgehead atoms. The van der Waals surface area contributed by atoms with E-state index in [0.717, 1.165) is 12.0 Å². The first-order chi connectivity index (χ1) is 13.3. The molecule has 0 heterocycles. The van der Waals surface area contributed by atoms with Gasteiger partial charge in [-0.05, 0) is 46.2 Å². The van der Waals surface area contributed by atoms with Crippen LogP contribution in [0.5, 0.6) is 0 Å². The molecule has 4 rings (SSSR count). The van der Waals surface area contributed by atoms with E-state index >= 15 is 0 Å². The van der Waals surface area contributed by atoms with Crippen molar-refractivity contribution in [3.8, 4) is 11.1 Å². The van der Waals surface area contributed by atoms with Crippen molar-refractivity contribution in [2.24, 2.45) is 0 Å². The lowest BCUT2D eigenvalue weighted by Gasteiger charge is -2.33. The first-order valence-electron chi connectivity index (χ1n) is 10.2. The van der Waals surface area contributed by atoms with Crippen molar-refractivity contribution in [1.82, 2.24) is 0 Å². The smallest absolute Gasteiger partial charge is 0.0681 e. The van der Waals surface area contributed by atoms with E-state index in [1.165, 1.54) is 53.5 Å². The molecule has 0 aromatic heterocycles. The molecule has 0 spiro atoms. The van der Waals surface area contributed by atoms with Crippen LogP contribution in [0.25, 0.3) is 11.1 Å². The monoisotopic (exact) mass is 356 g/mol. The van der Waals surface area contributed by atoms with E-state index in [-0.39, 0.29) is 12.0 Å². The lowest BCUT2D eigenvalue weighted by Crippen LogP contribution is -2.28.